The largest absolute Gasteiger partial charge is 0.478 e. The van der Waals surface area contributed by atoms with Crippen molar-refractivity contribution in [1.29, 1.82) is 5.41 Å². The number of carboxylic acid groups (broad SMARTS) is 1. The zero-order valence-electron chi connectivity index (χ0n) is 18.1. The summed E-state index contributed by atoms with van der Waals surface area (Å²) in [6.45, 7) is 4.84. The first-order chi connectivity index (χ1) is 15.7. The van der Waals surface area contributed by atoms with E-state index in [4.69, 9.17) is 5.41 Å². The van der Waals surface area contributed by atoms with Crippen molar-refractivity contribution in [2.75, 3.05) is 21.4 Å². The molecule has 0 spiro atoms. The van der Waals surface area contributed by atoms with Crippen LogP contribution in [0.2, 0.25) is 0 Å². The van der Waals surface area contributed by atoms with Crippen LogP contribution >= 0.6 is 28.4 Å². The molecule has 3 N–H and O–H groups in total. The van der Waals surface area contributed by atoms with E-state index in [-0.39, 0.29) is 16.9 Å². The number of fused-ring (bicyclic) bond motifs is 1. The van der Waals surface area contributed by atoms with Gasteiger partial charge in [0.15, 0.2) is 0 Å². The maximum Gasteiger partial charge on any atom is 0.335 e. The van der Waals surface area contributed by atoms with Crippen LogP contribution in [0.15, 0.2) is 60.7 Å². The van der Waals surface area contributed by atoms with Crippen molar-refractivity contribution in [1.82, 2.24) is 0 Å². The maximum absolute atomic E-state index is 13.6. The molecule has 1 unspecified atom stereocenters. The lowest BCUT2D eigenvalue weighted by Gasteiger charge is -2.50. The van der Waals surface area contributed by atoms with Crippen LogP contribution in [0, 0.1) is 11.2 Å². The topological polar surface area (TPSA) is 79.7 Å². The summed E-state index contributed by atoms with van der Waals surface area (Å²) in [5, 5.41) is 20.6. The summed E-state index contributed by atoms with van der Waals surface area (Å²) in [6, 6.07) is 17.3. The highest BCUT2D eigenvalue weighted by molar-refractivity contribution is 14.2. The van der Waals surface area contributed by atoms with Crippen molar-refractivity contribution in [2.45, 2.75) is 19.4 Å². The van der Waals surface area contributed by atoms with E-state index in [1.165, 1.54) is 18.3 Å². The zero-order chi connectivity index (χ0) is 23.8. The Labute approximate surface area is 206 Å². The first kappa shape index (κ1) is 23.4. The molecule has 0 saturated heterocycles. The lowest BCUT2D eigenvalue weighted by atomic mass is 9.93. The summed E-state index contributed by atoms with van der Waals surface area (Å²) < 4.78 is 13.6. The smallest absolute Gasteiger partial charge is 0.335 e. The molecule has 1 aliphatic heterocycles. The monoisotopic (exact) mass is 576 g/mol. The summed E-state index contributed by atoms with van der Waals surface area (Å²) in [6.07, 6.45) is 1.76. The Bertz CT molecular complexity index is 1200. The minimum absolute atomic E-state index is 0.231. The van der Waals surface area contributed by atoms with Gasteiger partial charge in [0.2, 0.25) is 0 Å². The van der Waals surface area contributed by atoms with Gasteiger partial charge in [-0.15, -0.1) is 0 Å². The minimum Gasteiger partial charge on any atom is -0.478 e. The molecule has 0 radical (unpaired) electrons. The quantitative estimate of drug-likeness (QED) is 0.168. The second-order valence-electron chi connectivity index (χ2n) is 8.35. The summed E-state index contributed by atoms with van der Waals surface area (Å²) >= 11 is 2.26. The summed E-state index contributed by atoms with van der Waals surface area (Å²) in [5.74, 6) is -1.26. The molecular weight excluding hydrogens is 553 g/mol. The van der Waals surface area contributed by atoms with Crippen LogP contribution in [0.1, 0.15) is 29.8 Å². The van der Waals surface area contributed by atoms with E-state index in [1.54, 1.807) is 24.3 Å². The lowest BCUT2D eigenvalue weighted by Crippen LogP contribution is -2.52. The molecule has 170 valence electrons. The Balaban J connectivity index is 1.93. The SMILES string of the molecule is CC1(C)CN(c2ccc(F)cc2)c2cc(C=N)c(NPI)cc2N1c1ccc(C(=O)O)cc1. The number of nitrogens with one attached hydrogen (secondary N) is 2. The van der Waals surface area contributed by atoms with Crippen LogP contribution in [0.25, 0.3) is 0 Å². The van der Waals surface area contributed by atoms with E-state index in [1.807, 2.05) is 24.3 Å². The third-order valence-corrected chi connectivity index (χ3v) is 6.85. The number of halogens is 2. The number of carboxylic acids is 1. The number of hydrogen-bond acceptors (Lipinski definition) is 5. The van der Waals surface area contributed by atoms with Crippen molar-refractivity contribution < 1.29 is 14.3 Å². The van der Waals surface area contributed by atoms with Gasteiger partial charge < -0.3 is 25.4 Å². The number of carbonyl (C=O) groups is 1. The Morgan fingerprint density at radius 3 is 2.33 bits per heavy atom. The standard InChI is InChI=1S/C24H23FIN4O2P/c1-24(2)14-29(18-9-5-17(25)6-10-18)21-11-16(13-27)20(28-33-26)12-22(21)30(24)19-7-3-15(4-8-19)23(31)32/h3-13,27-28,33H,14H2,1-2H3,(H,31,32). The van der Waals surface area contributed by atoms with Gasteiger partial charge in [0.05, 0.1) is 22.5 Å². The molecule has 0 aliphatic carbocycles. The second-order valence-corrected chi connectivity index (χ2v) is 10.4. The van der Waals surface area contributed by atoms with Gasteiger partial charge in [0.1, 0.15) is 5.82 Å². The average molecular weight is 576 g/mol. The van der Waals surface area contributed by atoms with Crippen LogP contribution < -0.4 is 14.9 Å². The van der Waals surface area contributed by atoms with Crippen LogP contribution in [-0.2, 0) is 0 Å². The summed E-state index contributed by atoms with van der Waals surface area (Å²) in [5.41, 5.74) is 4.99. The van der Waals surface area contributed by atoms with E-state index < -0.39 is 5.97 Å². The van der Waals surface area contributed by atoms with Gasteiger partial charge in [0, 0.05) is 41.8 Å². The molecule has 1 heterocycles. The van der Waals surface area contributed by atoms with Crippen molar-refractivity contribution >= 4 is 69.0 Å². The average Bonchev–Trinajstić information content (AvgIpc) is 2.79. The Morgan fingerprint density at radius 1 is 1.12 bits per heavy atom. The first-order valence-electron chi connectivity index (χ1n) is 10.2. The Kier molecular flexibility index (Phi) is 6.59. The normalized spacial score (nSPS) is 14.9. The van der Waals surface area contributed by atoms with E-state index in [2.05, 4.69) is 50.8 Å². The van der Waals surface area contributed by atoms with Gasteiger partial charge in [-0.1, -0.05) is 0 Å². The molecule has 9 heteroatoms. The van der Waals surface area contributed by atoms with Gasteiger partial charge in [-0.3, -0.25) is 0 Å². The fraction of sp³-hybridized carbons (Fsp3) is 0.167. The van der Waals surface area contributed by atoms with Crippen molar-refractivity contribution in [2.24, 2.45) is 0 Å². The third-order valence-electron chi connectivity index (χ3n) is 5.68. The van der Waals surface area contributed by atoms with Crippen LogP contribution in [0.3, 0.4) is 0 Å². The molecule has 0 bridgehead atoms. The van der Waals surface area contributed by atoms with Gasteiger partial charge >= 0.3 is 5.97 Å². The van der Waals surface area contributed by atoms with Crippen LogP contribution in [-0.4, -0.2) is 29.4 Å². The fourth-order valence-electron chi connectivity index (χ4n) is 4.23. The third kappa shape index (κ3) is 4.54. The molecule has 3 aromatic carbocycles. The van der Waals surface area contributed by atoms with Crippen molar-refractivity contribution in [3.8, 4) is 0 Å². The van der Waals surface area contributed by atoms with Crippen molar-refractivity contribution in [3.63, 3.8) is 0 Å². The molecule has 6 nitrogen and oxygen atoms in total. The molecule has 1 atom stereocenters. The predicted octanol–water partition coefficient (Wildman–Crippen LogP) is 6.95. The highest BCUT2D eigenvalue weighted by Gasteiger charge is 2.39. The molecule has 0 amide bonds. The maximum atomic E-state index is 13.6. The highest BCUT2D eigenvalue weighted by atomic mass is 127. The Hall–Kier alpha value is -2.71. The van der Waals surface area contributed by atoms with Crippen LogP contribution in [0.4, 0.5) is 32.8 Å². The van der Waals surface area contributed by atoms with Gasteiger partial charge in [-0.25, -0.2) is 9.18 Å². The molecule has 33 heavy (non-hydrogen) atoms. The van der Waals surface area contributed by atoms with Gasteiger partial charge in [0.25, 0.3) is 0 Å². The number of aromatic carboxylic acids is 1. The molecular formula is C24H23FIN4O2P. The van der Waals surface area contributed by atoms with E-state index in [9.17, 15) is 14.3 Å². The Morgan fingerprint density at radius 2 is 1.76 bits per heavy atom. The van der Waals surface area contributed by atoms with Gasteiger partial charge in [-0.2, -0.15) is 0 Å². The minimum atomic E-state index is -0.965. The predicted molar refractivity (Wildman–Crippen MR) is 143 cm³/mol. The number of nitrogens with zero attached hydrogens (tertiary/aromatic N) is 2. The van der Waals surface area contributed by atoms with Gasteiger partial charge in [-0.05, 0) is 96.6 Å². The number of anilines is 5. The number of rotatable bonds is 6. The second kappa shape index (κ2) is 9.27. The lowest BCUT2D eigenvalue weighted by molar-refractivity contribution is 0.0697. The highest BCUT2D eigenvalue weighted by Crippen LogP contribution is 2.49. The van der Waals surface area contributed by atoms with Crippen LogP contribution in [0.5, 0.6) is 0 Å². The molecule has 0 saturated carbocycles. The van der Waals surface area contributed by atoms with E-state index >= 15 is 0 Å². The summed E-state index contributed by atoms with van der Waals surface area (Å²) in [7, 11) is 0. The summed E-state index contributed by atoms with van der Waals surface area (Å²) in [4.78, 5) is 15.7. The van der Waals surface area contributed by atoms with E-state index in [0.29, 0.717) is 12.9 Å². The molecule has 0 fully saturated rings. The number of benzene rings is 3. The molecule has 1 aliphatic rings. The molecule has 3 aromatic rings. The first-order valence-corrected chi connectivity index (χ1v) is 14.3. The fourth-order valence-corrected chi connectivity index (χ4v) is 5.42. The number of hydrogen-bond donors (Lipinski definition) is 3. The molecule has 0 aromatic heterocycles. The molecule has 4 rings (SSSR count). The van der Waals surface area contributed by atoms with E-state index in [0.717, 1.165) is 34.0 Å². The van der Waals surface area contributed by atoms with Crippen molar-refractivity contribution in [3.05, 3.63) is 77.6 Å². The zero-order valence-corrected chi connectivity index (χ0v) is 21.2.